The van der Waals surface area contributed by atoms with Crippen molar-refractivity contribution in [1.29, 1.82) is 0 Å². The Morgan fingerprint density at radius 2 is 2.06 bits per heavy atom. The molecule has 100 valence electrons. The first-order chi connectivity index (χ1) is 8.67. The highest BCUT2D eigenvalue weighted by molar-refractivity contribution is 7.97. The molecule has 3 nitrogen and oxygen atoms in total. The summed E-state index contributed by atoms with van der Waals surface area (Å²) in [5.74, 6) is 0.888. The van der Waals surface area contributed by atoms with Gasteiger partial charge in [0, 0.05) is 17.9 Å². The molecule has 0 saturated heterocycles. The number of carbonyl (C=O) groups is 1. The predicted molar refractivity (Wildman–Crippen MR) is 76.9 cm³/mol. The van der Waals surface area contributed by atoms with Crippen LogP contribution in [0.5, 0.6) is 0 Å². The molecule has 1 rings (SSSR count). The van der Waals surface area contributed by atoms with Crippen molar-refractivity contribution >= 4 is 17.7 Å². The van der Waals surface area contributed by atoms with Crippen LogP contribution in [0.15, 0.2) is 24.3 Å². The zero-order valence-corrected chi connectivity index (χ0v) is 11.8. The fourth-order valence-corrected chi connectivity index (χ4v) is 2.10. The van der Waals surface area contributed by atoms with Crippen molar-refractivity contribution in [3.05, 3.63) is 35.4 Å². The Bertz CT molecular complexity index is 365. The third kappa shape index (κ3) is 5.10. The Kier molecular flexibility index (Phi) is 6.83. The van der Waals surface area contributed by atoms with Gasteiger partial charge in [0.2, 0.25) is 0 Å². The van der Waals surface area contributed by atoms with Crippen molar-refractivity contribution in [2.24, 2.45) is 0 Å². The third-order valence-corrected chi connectivity index (χ3v) is 3.38. The molecule has 0 aliphatic carbocycles. The monoisotopic (exact) mass is 267 g/mol. The van der Waals surface area contributed by atoms with Crippen LogP contribution in [0.3, 0.4) is 0 Å². The van der Waals surface area contributed by atoms with E-state index < -0.39 is 0 Å². The maximum absolute atomic E-state index is 11.8. The minimum absolute atomic E-state index is 0.0750. The van der Waals surface area contributed by atoms with Gasteiger partial charge in [-0.2, -0.15) is 11.8 Å². The van der Waals surface area contributed by atoms with Crippen LogP contribution in [-0.2, 0) is 5.75 Å². The van der Waals surface area contributed by atoms with E-state index in [1.54, 1.807) is 11.8 Å². The minimum Gasteiger partial charge on any atom is -0.393 e. The Morgan fingerprint density at radius 3 is 2.61 bits per heavy atom. The molecule has 0 saturated carbocycles. The second kappa shape index (κ2) is 8.16. The van der Waals surface area contributed by atoms with Gasteiger partial charge in [-0.3, -0.25) is 4.79 Å². The molecule has 2 N–H and O–H groups in total. The van der Waals surface area contributed by atoms with Crippen LogP contribution in [0.2, 0.25) is 0 Å². The second-order valence-electron chi connectivity index (χ2n) is 4.24. The molecule has 1 aromatic carbocycles. The lowest BCUT2D eigenvalue weighted by molar-refractivity contribution is 0.0942. The Balaban J connectivity index is 2.41. The molecule has 1 aromatic rings. The molecule has 0 aliphatic rings. The van der Waals surface area contributed by atoms with Crippen LogP contribution in [-0.4, -0.2) is 29.9 Å². The van der Waals surface area contributed by atoms with Crippen molar-refractivity contribution < 1.29 is 9.90 Å². The van der Waals surface area contributed by atoms with Crippen LogP contribution in [0, 0.1) is 0 Å². The third-order valence-electron chi connectivity index (χ3n) is 2.76. The number of hydrogen-bond acceptors (Lipinski definition) is 3. The van der Waals surface area contributed by atoms with Gasteiger partial charge in [-0.15, -0.1) is 0 Å². The summed E-state index contributed by atoms with van der Waals surface area (Å²) in [6, 6.07) is 7.65. The van der Waals surface area contributed by atoms with Crippen LogP contribution in [0.4, 0.5) is 0 Å². The zero-order chi connectivity index (χ0) is 13.4. The molecule has 0 bridgehead atoms. The van der Waals surface area contributed by atoms with Crippen LogP contribution in [0.1, 0.15) is 35.7 Å². The second-order valence-corrected chi connectivity index (χ2v) is 5.10. The Morgan fingerprint density at radius 1 is 1.39 bits per heavy atom. The highest BCUT2D eigenvalue weighted by Crippen LogP contribution is 2.10. The average Bonchev–Trinajstić information content (AvgIpc) is 2.39. The van der Waals surface area contributed by atoms with Crippen molar-refractivity contribution in [1.82, 2.24) is 5.32 Å². The molecule has 0 aromatic heterocycles. The highest BCUT2D eigenvalue weighted by Gasteiger charge is 2.06. The molecule has 4 heteroatoms. The van der Waals surface area contributed by atoms with Crippen LogP contribution in [0.25, 0.3) is 0 Å². The van der Waals surface area contributed by atoms with Crippen LogP contribution < -0.4 is 5.32 Å². The van der Waals surface area contributed by atoms with Crippen molar-refractivity contribution in [2.75, 3.05) is 12.8 Å². The van der Waals surface area contributed by atoms with Gasteiger partial charge < -0.3 is 10.4 Å². The summed E-state index contributed by atoms with van der Waals surface area (Å²) in [6.07, 6.45) is 3.06. The van der Waals surface area contributed by atoms with Crippen molar-refractivity contribution in [3.63, 3.8) is 0 Å². The SMILES string of the molecule is CCC(O)CCNC(=O)c1ccc(CSC)cc1. The molecule has 0 heterocycles. The van der Waals surface area contributed by atoms with E-state index in [4.69, 9.17) is 0 Å². The predicted octanol–water partition coefficient (Wildman–Crippen LogP) is 2.44. The molecular formula is C14H21NO2S. The number of aliphatic hydroxyl groups is 1. The number of thioether (sulfide) groups is 1. The fraction of sp³-hybridized carbons (Fsp3) is 0.500. The number of rotatable bonds is 7. The van der Waals surface area contributed by atoms with Gasteiger partial charge in [-0.25, -0.2) is 0 Å². The topological polar surface area (TPSA) is 49.3 Å². The normalized spacial score (nSPS) is 12.2. The van der Waals surface area contributed by atoms with E-state index in [0.29, 0.717) is 18.5 Å². The lowest BCUT2D eigenvalue weighted by atomic mass is 10.1. The molecule has 1 amide bonds. The number of amides is 1. The molecule has 1 unspecified atom stereocenters. The van der Waals surface area contributed by atoms with Gasteiger partial charge in [0.1, 0.15) is 0 Å². The van der Waals surface area contributed by atoms with Gasteiger partial charge >= 0.3 is 0 Å². The maximum Gasteiger partial charge on any atom is 0.251 e. The van der Waals surface area contributed by atoms with Crippen molar-refractivity contribution in [2.45, 2.75) is 31.6 Å². The fourth-order valence-electron chi connectivity index (χ4n) is 1.58. The lowest BCUT2D eigenvalue weighted by Gasteiger charge is -2.09. The maximum atomic E-state index is 11.8. The Hall–Kier alpha value is -1.00. The summed E-state index contributed by atoms with van der Waals surface area (Å²) >= 11 is 1.76. The summed E-state index contributed by atoms with van der Waals surface area (Å²) in [5.41, 5.74) is 1.89. The first-order valence-electron chi connectivity index (χ1n) is 6.21. The summed E-state index contributed by atoms with van der Waals surface area (Å²) < 4.78 is 0. The molecule has 0 spiro atoms. The number of nitrogens with one attached hydrogen (secondary N) is 1. The first-order valence-corrected chi connectivity index (χ1v) is 7.61. The molecular weight excluding hydrogens is 246 g/mol. The Labute approximate surface area is 113 Å². The summed E-state index contributed by atoms with van der Waals surface area (Å²) in [6.45, 7) is 2.44. The molecule has 1 atom stereocenters. The number of carbonyl (C=O) groups excluding carboxylic acids is 1. The van der Waals surface area contributed by atoms with Gasteiger partial charge in [0.25, 0.3) is 5.91 Å². The standard InChI is InChI=1S/C14H21NO2S/c1-3-13(16)8-9-15-14(17)12-6-4-11(5-7-12)10-18-2/h4-7,13,16H,3,8-10H2,1-2H3,(H,15,17). The summed E-state index contributed by atoms with van der Waals surface area (Å²) in [5, 5.41) is 12.2. The van der Waals surface area contributed by atoms with E-state index in [0.717, 1.165) is 12.2 Å². The van der Waals surface area contributed by atoms with Crippen molar-refractivity contribution in [3.8, 4) is 0 Å². The van der Waals surface area contributed by atoms with Gasteiger partial charge in [0.15, 0.2) is 0 Å². The number of hydrogen-bond donors (Lipinski definition) is 2. The molecule has 0 fully saturated rings. The van der Waals surface area contributed by atoms with Crippen LogP contribution >= 0.6 is 11.8 Å². The summed E-state index contributed by atoms with van der Waals surface area (Å²) in [4.78, 5) is 11.8. The van der Waals surface area contributed by atoms with E-state index in [1.807, 2.05) is 31.2 Å². The van der Waals surface area contributed by atoms with E-state index in [1.165, 1.54) is 5.56 Å². The van der Waals surface area contributed by atoms with E-state index in [2.05, 4.69) is 11.6 Å². The van der Waals surface area contributed by atoms with Gasteiger partial charge in [-0.05, 0) is 36.8 Å². The average molecular weight is 267 g/mol. The largest absolute Gasteiger partial charge is 0.393 e. The van der Waals surface area contributed by atoms with E-state index in [9.17, 15) is 9.90 Å². The lowest BCUT2D eigenvalue weighted by Crippen LogP contribution is -2.26. The smallest absolute Gasteiger partial charge is 0.251 e. The molecule has 0 radical (unpaired) electrons. The molecule has 0 aliphatic heterocycles. The van der Waals surface area contributed by atoms with Gasteiger partial charge in [0.05, 0.1) is 6.10 Å². The highest BCUT2D eigenvalue weighted by atomic mass is 32.2. The summed E-state index contributed by atoms with van der Waals surface area (Å²) in [7, 11) is 0. The zero-order valence-electron chi connectivity index (χ0n) is 11.0. The first kappa shape index (κ1) is 15.1. The van der Waals surface area contributed by atoms with Gasteiger partial charge in [-0.1, -0.05) is 19.1 Å². The van der Waals surface area contributed by atoms with E-state index in [-0.39, 0.29) is 12.0 Å². The molecule has 18 heavy (non-hydrogen) atoms. The minimum atomic E-state index is -0.325. The number of benzene rings is 1. The quantitative estimate of drug-likeness (QED) is 0.798. The van der Waals surface area contributed by atoms with E-state index >= 15 is 0 Å². The number of aliphatic hydroxyl groups excluding tert-OH is 1.